The van der Waals surface area contributed by atoms with Crippen LogP contribution < -0.4 is 9.64 Å². The van der Waals surface area contributed by atoms with E-state index in [0.717, 1.165) is 50.1 Å². The lowest BCUT2D eigenvalue weighted by Gasteiger charge is -2.49. The number of aliphatic hydroxyl groups is 1. The summed E-state index contributed by atoms with van der Waals surface area (Å²) in [7, 11) is 1.64. The zero-order valence-corrected chi connectivity index (χ0v) is 14.3. The van der Waals surface area contributed by atoms with Gasteiger partial charge in [0, 0.05) is 12.2 Å². The van der Waals surface area contributed by atoms with Crippen LogP contribution in [0.15, 0.2) is 24.3 Å². The van der Waals surface area contributed by atoms with Crippen molar-refractivity contribution in [3.05, 3.63) is 24.3 Å². The molecule has 126 valence electrons. The lowest BCUT2D eigenvalue weighted by Crippen LogP contribution is -2.60. The molecular weight excluding hydrogens is 290 g/mol. The number of piperidine rings is 1. The number of hydrogen-bond donors (Lipinski definition) is 1. The Morgan fingerprint density at radius 1 is 1.13 bits per heavy atom. The van der Waals surface area contributed by atoms with Gasteiger partial charge < -0.3 is 14.7 Å². The van der Waals surface area contributed by atoms with E-state index in [0.29, 0.717) is 0 Å². The van der Waals surface area contributed by atoms with E-state index in [2.05, 4.69) is 0 Å². The molecule has 1 spiro atoms. The highest BCUT2D eigenvalue weighted by atomic mass is 16.5. The smallest absolute Gasteiger partial charge is 0.236 e. The summed E-state index contributed by atoms with van der Waals surface area (Å²) in [4.78, 5) is 15.2. The fraction of sp³-hybridized carbons (Fsp3) is 0.632. The van der Waals surface area contributed by atoms with Crippen LogP contribution in [0.5, 0.6) is 5.75 Å². The summed E-state index contributed by atoms with van der Waals surface area (Å²) in [6, 6.07) is 7.62. The minimum Gasteiger partial charge on any atom is -0.497 e. The summed E-state index contributed by atoms with van der Waals surface area (Å²) in [6.45, 7) is 4.79. The average molecular weight is 317 g/mol. The van der Waals surface area contributed by atoms with E-state index in [-0.39, 0.29) is 11.8 Å². The Labute approximate surface area is 138 Å². The number of anilines is 1. The van der Waals surface area contributed by atoms with E-state index < -0.39 is 11.0 Å². The third-order valence-corrected chi connectivity index (χ3v) is 5.97. The highest BCUT2D eigenvalue weighted by Crippen LogP contribution is 2.55. The van der Waals surface area contributed by atoms with Gasteiger partial charge in [0.2, 0.25) is 5.91 Å². The number of ether oxygens (including phenoxy) is 1. The highest BCUT2D eigenvalue weighted by Gasteiger charge is 2.61. The summed E-state index contributed by atoms with van der Waals surface area (Å²) >= 11 is 0. The van der Waals surface area contributed by atoms with Crippen LogP contribution in [0.4, 0.5) is 5.69 Å². The molecular formula is C19H27NO3. The molecule has 0 unspecified atom stereocenters. The lowest BCUT2D eigenvalue weighted by molar-refractivity contribution is -0.154. The molecule has 4 nitrogen and oxygen atoms in total. The van der Waals surface area contributed by atoms with E-state index in [1.807, 2.05) is 43.0 Å². The third kappa shape index (κ3) is 2.35. The van der Waals surface area contributed by atoms with Crippen molar-refractivity contribution >= 4 is 11.6 Å². The van der Waals surface area contributed by atoms with Gasteiger partial charge in [-0.05, 0) is 62.3 Å². The zero-order valence-electron chi connectivity index (χ0n) is 14.3. The maximum absolute atomic E-state index is 13.4. The standard InChI is InChI=1S/C19H27NO3/c1-14(2)19(22)12-4-10-18(19)11-5-13-20(17(18)21)15-6-8-16(23-3)9-7-15/h6-9,14,22H,4-5,10-13H2,1-3H3/t18-,19-/m0/s1. The second-order valence-electron chi connectivity index (χ2n) is 7.27. The van der Waals surface area contributed by atoms with Crippen LogP contribution in [-0.2, 0) is 4.79 Å². The van der Waals surface area contributed by atoms with Crippen molar-refractivity contribution in [1.82, 2.24) is 0 Å². The molecule has 1 aromatic rings. The van der Waals surface area contributed by atoms with Crippen LogP contribution >= 0.6 is 0 Å². The third-order valence-electron chi connectivity index (χ3n) is 5.97. The Morgan fingerprint density at radius 3 is 2.39 bits per heavy atom. The van der Waals surface area contributed by atoms with Crippen molar-refractivity contribution in [2.45, 2.75) is 51.6 Å². The minimum absolute atomic E-state index is 0.0877. The predicted molar refractivity (Wildman–Crippen MR) is 90.7 cm³/mol. The fourth-order valence-corrected chi connectivity index (χ4v) is 4.60. The SMILES string of the molecule is COc1ccc(N2CCC[C@@]3(CCC[C@]3(O)C(C)C)C2=O)cc1. The van der Waals surface area contributed by atoms with Gasteiger partial charge in [-0.15, -0.1) is 0 Å². The molecule has 1 saturated heterocycles. The number of nitrogens with zero attached hydrogens (tertiary/aromatic N) is 1. The van der Waals surface area contributed by atoms with Gasteiger partial charge in [0.15, 0.2) is 0 Å². The van der Waals surface area contributed by atoms with Gasteiger partial charge >= 0.3 is 0 Å². The quantitative estimate of drug-likeness (QED) is 0.930. The van der Waals surface area contributed by atoms with Gasteiger partial charge in [-0.1, -0.05) is 13.8 Å². The molecule has 1 saturated carbocycles. The van der Waals surface area contributed by atoms with E-state index in [1.54, 1.807) is 7.11 Å². The molecule has 0 aromatic heterocycles. The number of hydrogen-bond acceptors (Lipinski definition) is 3. The molecule has 2 aliphatic rings. The zero-order chi connectivity index (χ0) is 16.7. The molecule has 0 bridgehead atoms. The van der Waals surface area contributed by atoms with Gasteiger partial charge in [0.25, 0.3) is 0 Å². The number of carbonyl (C=O) groups is 1. The molecule has 1 aliphatic heterocycles. The summed E-state index contributed by atoms with van der Waals surface area (Å²) in [6.07, 6.45) is 4.19. The molecule has 2 fully saturated rings. The van der Waals surface area contributed by atoms with Crippen LogP contribution in [0.25, 0.3) is 0 Å². The Bertz CT molecular complexity index is 583. The van der Waals surface area contributed by atoms with Crippen molar-refractivity contribution < 1.29 is 14.6 Å². The Hall–Kier alpha value is -1.55. The van der Waals surface area contributed by atoms with Crippen molar-refractivity contribution in [3.8, 4) is 5.75 Å². The van der Waals surface area contributed by atoms with Gasteiger partial charge in [-0.25, -0.2) is 0 Å². The first-order chi connectivity index (χ1) is 10.9. The maximum Gasteiger partial charge on any atom is 0.236 e. The Morgan fingerprint density at radius 2 is 1.78 bits per heavy atom. The summed E-state index contributed by atoms with van der Waals surface area (Å²) in [5.41, 5.74) is -0.595. The number of carbonyl (C=O) groups excluding carboxylic acids is 1. The molecule has 3 rings (SSSR count). The lowest BCUT2D eigenvalue weighted by atomic mass is 9.64. The minimum atomic E-state index is -0.880. The number of methoxy groups -OCH3 is 1. The highest BCUT2D eigenvalue weighted by molar-refractivity contribution is 5.99. The molecule has 23 heavy (non-hydrogen) atoms. The summed E-state index contributed by atoms with van der Waals surface area (Å²) < 4.78 is 5.20. The largest absolute Gasteiger partial charge is 0.497 e. The van der Waals surface area contributed by atoms with Gasteiger partial charge in [-0.2, -0.15) is 0 Å². The van der Waals surface area contributed by atoms with E-state index in [9.17, 15) is 9.90 Å². The van der Waals surface area contributed by atoms with E-state index in [1.165, 1.54) is 0 Å². The molecule has 0 radical (unpaired) electrons. The first-order valence-electron chi connectivity index (χ1n) is 8.63. The summed E-state index contributed by atoms with van der Waals surface area (Å²) in [5.74, 6) is 0.972. The molecule has 1 heterocycles. The first kappa shape index (κ1) is 16.3. The first-order valence-corrected chi connectivity index (χ1v) is 8.63. The number of benzene rings is 1. The van der Waals surface area contributed by atoms with Crippen LogP contribution in [0.3, 0.4) is 0 Å². The van der Waals surface area contributed by atoms with Crippen molar-refractivity contribution in [2.75, 3.05) is 18.6 Å². The van der Waals surface area contributed by atoms with Crippen molar-refractivity contribution in [2.24, 2.45) is 11.3 Å². The van der Waals surface area contributed by atoms with E-state index >= 15 is 0 Å². The number of amides is 1. The fourth-order valence-electron chi connectivity index (χ4n) is 4.60. The Kier molecular flexibility index (Phi) is 4.13. The van der Waals surface area contributed by atoms with Crippen molar-refractivity contribution in [1.29, 1.82) is 0 Å². The Balaban J connectivity index is 1.94. The number of rotatable bonds is 3. The molecule has 1 N–H and O–H groups in total. The topological polar surface area (TPSA) is 49.8 Å². The normalized spacial score (nSPS) is 31.2. The molecule has 4 heteroatoms. The van der Waals surface area contributed by atoms with Crippen LogP contribution in [-0.4, -0.2) is 30.3 Å². The van der Waals surface area contributed by atoms with Crippen LogP contribution in [0.2, 0.25) is 0 Å². The monoisotopic (exact) mass is 317 g/mol. The van der Waals surface area contributed by atoms with Crippen LogP contribution in [0, 0.1) is 11.3 Å². The molecule has 1 aliphatic carbocycles. The second kappa shape index (κ2) is 5.82. The van der Waals surface area contributed by atoms with E-state index in [4.69, 9.17) is 4.74 Å². The van der Waals surface area contributed by atoms with Crippen LogP contribution in [0.1, 0.15) is 46.0 Å². The summed E-state index contributed by atoms with van der Waals surface area (Å²) in [5, 5.41) is 11.3. The van der Waals surface area contributed by atoms with Gasteiger partial charge in [0.1, 0.15) is 5.75 Å². The molecule has 2 atom stereocenters. The molecule has 1 amide bonds. The molecule has 1 aromatic carbocycles. The maximum atomic E-state index is 13.4. The average Bonchev–Trinajstić information content (AvgIpc) is 2.89. The van der Waals surface area contributed by atoms with Crippen molar-refractivity contribution in [3.63, 3.8) is 0 Å². The second-order valence-corrected chi connectivity index (χ2v) is 7.27. The van der Waals surface area contributed by atoms with Gasteiger partial charge in [0.05, 0.1) is 18.1 Å². The van der Waals surface area contributed by atoms with Gasteiger partial charge in [-0.3, -0.25) is 4.79 Å². The predicted octanol–water partition coefficient (Wildman–Crippen LogP) is 3.38.